The van der Waals surface area contributed by atoms with Crippen LogP contribution in [-0.2, 0) is 26.6 Å². The third-order valence-corrected chi connectivity index (χ3v) is 7.35. The molecule has 31 heavy (non-hydrogen) atoms. The van der Waals surface area contributed by atoms with Crippen LogP contribution < -0.4 is 4.72 Å². The standard InChI is InChI=1S/C22H24N2O5S2/c1-16-7-10-19(11-8-16)30(25,26)24-14-4-6-20-21(31(27,28)29)12-9-17(2)22(20)18-5-3-13-23-15-18/h3,5,7-13,15,24H,4,6,14H2,1-2H3,(H,27,28,29). The van der Waals surface area contributed by atoms with Crippen molar-refractivity contribution in [3.63, 3.8) is 0 Å². The predicted molar refractivity (Wildman–Crippen MR) is 119 cm³/mol. The van der Waals surface area contributed by atoms with E-state index in [1.807, 2.05) is 19.9 Å². The molecule has 9 heteroatoms. The molecule has 2 N–H and O–H groups in total. The highest BCUT2D eigenvalue weighted by molar-refractivity contribution is 7.89. The fraction of sp³-hybridized carbons (Fsp3) is 0.227. The second-order valence-electron chi connectivity index (χ2n) is 7.27. The van der Waals surface area contributed by atoms with Crippen molar-refractivity contribution in [3.8, 4) is 11.1 Å². The molecular weight excluding hydrogens is 436 g/mol. The van der Waals surface area contributed by atoms with Crippen LogP contribution >= 0.6 is 0 Å². The number of sulfonamides is 1. The van der Waals surface area contributed by atoms with E-state index in [0.717, 1.165) is 16.7 Å². The first-order chi connectivity index (χ1) is 14.6. The monoisotopic (exact) mass is 460 g/mol. The fourth-order valence-electron chi connectivity index (χ4n) is 3.42. The van der Waals surface area contributed by atoms with Gasteiger partial charge in [-0.15, -0.1) is 0 Å². The van der Waals surface area contributed by atoms with Gasteiger partial charge in [0.25, 0.3) is 10.1 Å². The van der Waals surface area contributed by atoms with Crippen LogP contribution in [0.2, 0.25) is 0 Å². The van der Waals surface area contributed by atoms with E-state index in [9.17, 15) is 21.4 Å². The van der Waals surface area contributed by atoms with Crippen LogP contribution in [0.15, 0.2) is 70.7 Å². The van der Waals surface area contributed by atoms with Crippen molar-refractivity contribution >= 4 is 20.1 Å². The smallest absolute Gasteiger partial charge is 0.282 e. The van der Waals surface area contributed by atoms with Gasteiger partial charge in [-0.1, -0.05) is 29.8 Å². The molecule has 0 saturated carbocycles. The molecule has 0 atom stereocenters. The highest BCUT2D eigenvalue weighted by Crippen LogP contribution is 2.32. The van der Waals surface area contributed by atoms with Crippen molar-refractivity contribution in [1.82, 2.24) is 9.71 Å². The van der Waals surface area contributed by atoms with Crippen LogP contribution in [0, 0.1) is 13.8 Å². The molecule has 0 unspecified atom stereocenters. The number of hydrogen-bond acceptors (Lipinski definition) is 5. The van der Waals surface area contributed by atoms with E-state index in [1.165, 1.54) is 18.2 Å². The second-order valence-corrected chi connectivity index (χ2v) is 10.4. The lowest BCUT2D eigenvalue weighted by Crippen LogP contribution is -2.25. The SMILES string of the molecule is Cc1ccc(S(=O)(=O)NCCCc2c(S(=O)(=O)O)ccc(C)c2-c2cccnc2)cc1. The Balaban J connectivity index is 1.85. The zero-order valence-corrected chi connectivity index (χ0v) is 18.9. The zero-order valence-electron chi connectivity index (χ0n) is 17.2. The van der Waals surface area contributed by atoms with Crippen LogP contribution in [0.5, 0.6) is 0 Å². The minimum atomic E-state index is -4.45. The van der Waals surface area contributed by atoms with E-state index in [-0.39, 0.29) is 22.8 Å². The number of pyridine rings is 1. The Kier molecular flexibility index (Phi) is 6.90. The molecule has 0 fully saturated rings. The first-order valence-corrected chi connectivity index (χ1v) is 12.6. The number of benzene rings is 2. The molecule has 2 aromatic carbocycles. The number of aryl methyl sites for hydroxylation is 2. The van der Waals surface area contributed by atoms with Gasteiger partial charge in [0.2, 0.25) is 10.0 Å². The predicted octanol–water partition coefficient (Wildman–Crippen LogP) is 3.52. The lowest BCUT2D eigenvalue weighted by Gasteiger charge is -2.16. The van der Waals surface area contributed by atoms with E-state index in [1.54, 1.807) is 36.7 Å². The van der Waals surface area contributed by atoms with E-state index in [2.05, 4.69) is 9.71 Å². The van der Waals surface area contributed by atoms with E-state index in [4.69, 9.17) is 0 Å². The maximum atomic E-state index is 12.5. The molecule has 0 radical (unpaired) electrons. The van der Waals surface area contributed by atoms with Gasteiger partial charge in [-0.2, -0.15) is 8.42 Å². The largest absolute Gasteiger partial charge is 0.294 e. The molecule has 0 bridgehead atoms. The third kappa shape index (κ3) is 5.56. The van der Waals surface area contributed by atoms with Gasteiger partial charge >= 0.3 is 0 Å². The summed E-state index contributed by atoms with van der Waals surface area (Å²) in [4.78, 5) is 4.09. The molecule has 0 spiro atoms. The normalized spacial score (nSPS) is 12.1. The number of nitrogens with one attached hydrogen (secondary N) is 1. The Morgan fingerprint density at radius 1 is 0.968 bits per heavy atom. The Labute approximate surface area is 183 Å². The van der Waals surface area contributed by atoms with Gasteiger partial charge in [0.15, 0.2) is 0 Å². The van der Waals surface area contributed by atoms with Gasteiger partial charge in [-0.25, -0.2) is 13.1 Å². The molecule has 0 aliphatic carbocycles. The van der Waals surface area contributed by atoms with Crippen LogP contribution in [-0.4, -0.2) is 32.9 Å². The van der Waals surface area contributed by atoms with Crippen molar-refractivity contribution in [1.29, 1.82) is 0 Å². The van der Waals surface area contributed by atoms with Gasteiger partial charge in [-0.3, -0.25) is 9.54 Å². The van der Waals surface area contributed by atoms with E-state index in [0.29, 0.717) is 17.5 Å². The Hall–Kier alpha value is -2.59. The van der Waals surface area contributed by atoms with Gasteiger partial charge < -0.3 is 0 Å². The topological polar surface area (TPSA) is 113 Å². The molecule has 1 heterocycles. The summed E-state index contributed by atoms with van der Waals surface area (Å²) in [6.07, 6.45) is 3.83. The quantitative estimate of drug-likeness (QED) is 0.393. The number of aromatic nitrogens is 1. The maximum absolute atomic E-state index is 12.5. The molecule has 1 aromatic heterocycles. The van der Waals surface area contributed by atoms with E-state index < -0.39 is 20.1 Å². The van der Waals surface area contributed by atoms with Crippen molar-refractivity contribution < 1.29 is 21.4 Å². The molecule has 7 nitrogen and oxygen atoms in total. The van der Waals surface area contributed by atoms with Crippen LogP contribution in [0.1, 0.15) is 23.1 Å². The van der Waals surface area contributed by atoms with Gasteiger partial charge in [0.05, 0.1) is 9.79 Å². The van der Waals surface area contributed by atoms with Crippen LogP contribution in [0.25, 0.3) is 11.1 Å². The molecule has 3 aromatic rings. The Bertz CT molecular complexity index is 1270. The average Bonchev–Trinajstić information content (AvgIpc) is 2.71. The summed E-state index contributed by atoms with van der Waals surface area (Å²) in [6, 6.07) is 13.1. The van der Waals surface area contributed by atoms with Crippen LogP contribution in [0.3, 0.4) is 0 Å². The third-order valence-electron chi connectivity index (χ3n) is 4.93. The molecular formula is C22H24N2O5S2. The lowest BCUT2D eigenvalue weighted by molar-refractivity contribution is 0.481. The first-order valence-electron chi connectivity index (χ1n) is 9.66. The molecule has 0 aliphatic heterocycles. The minimum absolute atomic E-state index is 0.113. The maximum Gasteiger partial charge on any atom is 0.294 e. The summed E-state index contributed by atoms with van der Waals surface area (Å²) in [6.45, 7) is 3.83. The zero-order chi connectivity index (χ0) is 22.6. The molecule has 3 rings (SSSR count). The van der Waals surface area contributed by atoms with E-state index >= 15 is 0 Å². The summed E-state index contributed by atoms with van der Waals surface area (Å²) in [5, 5.41) is 0. The molecule has 0 saturated heterocycles. The average molecular weight is 461 g/mol. The van der Waals surface area contributed by atoms with Gasteiger partial charge in [0.1, 0.15) is 0 Å². The second kappa shape index (κ2) is 9.27. The molecule has 0 amide bonds. The Morgan fingerprint density at radius 2 is 1.68 bits per heavy atom. The minimum Gasteiger partial charge on any atom is -0.282 e. The highest BCUT2D eigenvalue weighted by atomic mass is 32.2. The van der Waals surface area contributed by atoms with Gasteiger partial charge in [0, 0.05) is 24.5 Å². The van der Waals surface area contributed by atoms with Crippen molar-refractivity contribution in [3.05, 3.63) is 77.6 Å². The number of rotatable bonds is 8. The summed E-state index contributed by atoms with van der Waals surface area (Å²) >= 11 is 0. The lowest BCUT2D eigenvalue weighted by atomic mass is 9.93. The fourth-order valence-corrected chi connectivity index (χ4v) is 5.25. The summed E-state index contributed by atoms with van der Waals surface area (Å²) < 4.78 is 61.2. The summed E-state index contributed by atoms with van der Waals surface area (Å²) in [5.74, 6) is 0. The number of hydrogen-bond donors (Lipinski definition) is 2. The van der Waals surface area contributed by atoms with Crippen molar-refractivity contribution in [2.75, 3.05) is 6.54 Å². The van der Waals surface area contributed by atoms with Crippen LogP contribution in [0.4, 0.5) is 0 Å². The summed E-state index contributed by atoms with van der Waals surface area (Å²) in [7, 11) is -8.12. The number of nitrogens with zero attached hydrogens (tertiary/aromatic N) is 1. The molecule has 164 valence electrons. The van der Waals surface area contributed by atoms with Crippen molar-refractivity contribution in [2.45, 2.75) is 36.5 Å². The first kappa shape index (κ1) is 23.1. The summed E-state index contributed by atoms with van der Waals surface area (Å²) in [5.41, 5.74) is 3.62. The van der Waals surface area contributed by atoms with Crippen molar-refractivity contribution in [2.24, 2.45) is 0 Å². The highest BCUT2D eigenvalue weighted by Gasteiger charge is 2.21. The van der Waals surface area contributed by atoms with Gasteiger partial charge in [-0.05, 0) is 67.6 Å². The molecule has 0 aliphatic rings. The Morgan fingerprint density at radius 3 is 2.29 bits per heavy atom.